The van der Waals surface area contributed by atoms with Gasteiger partial charge in [-0.25, -0.2) is 9.97 Å². The topological polar surface area (TPSA) is 111 Å². The van der Waals surface area contributed by atoms with E-state index in [2.05, 4.69) is 25.1 Å². The lowest BCUT2D eigenvalue weighted by molar-refractivity contribution is 0.455. The molecule has 0 unspecified atom stereocenters. The summed E-state index contributed by atoms with van der Waals surface area (Å²) in [5, 5.41) is 20.7. The summed E-state index contributed by atoms with van der Waals surface area (Å²) in [6, 6.07) is 7.33. The minimum absolute atomic E-state index is 0.0693. The zero-order valence-electron chi connectivity index (χ0n) is 12.9. The van der Waals surface area contributed by atoms with Crippen LogP contribution in [0.4, 0.5) is 5.82 Å². The van der Waals surface area contributed by atoms with Crippen molar-refractivity contribution in [3.63, 3.8) is 0 Å². The molecular weight excluding hydrogens is 360 g/mol. The van der Waals surface area contributed by atoms with Crippen LogP contribution < -0.4 is 5.73 Å². The highest BCUT2D eigenvalue weighted by molar-refractivity contribution is 7.14. The number of benzene rings is 1. The van der Waals surface area contributed by atoms with Crippen molar-refractivity contribution in [3.8, 4) is 27.8 Å². The SMILES string of the molecule is Cc1nnc(-c2nc(N)c(O)nc2-c2cc(Cl)c3ncccc3c2)s1. The number of anilines is 1. The van der Waals surface area contributed by atoms with Gasteiger partial charge in [-0.15, -0.1) is 10.2 Å². The number of nitrogens with two attached hydrogens (primary N) is 1. The molecule has 0 bridgehead atoms. The maximum atomic E-state index is 9.94. The van der Waals surface area contributed by atoms with Crippen LogP contribution in [0.2, 0.25) is 5.02 Å². The highest BCUT2D eigenvalue weighted by Gasteiger charge is 2.19. The third-order valence-corrected chi connectivity index (χ3v) is 4.70. The van der Waals surface area contributed by atoms with E-state index >= 15 is 0 Å². The van der Waals surface area contributed by atoms with E-state index in [9.17, 15) is 5.11 Å². The van der Waals surface area contributed by atoms with Crippen LogP contribution >= 0.6 is 22.9 Å². The first-order valence-corrected chi connectivity index (χ1v) is 8.44. The fraction of sp³-hybridized carbons (Fsp3) is 0.0625. The molecule has 3 heterocycles. The molecule has 7 nitrogen and oxygen atoms in total. The number of halogens is 1. The highest BCUT2D eigenvalue weighted by atomic mass is 35.5. The zero-order chi connectivity index (χ0) is 17.6. The quantitative estimate of drug-likeness (QED) is 0.555. The van der Waals surface area contributed by atoms with E-state index in [0.717, 1.165) is 10.4 Å². The molecule has 0 aliphatic heterocycles. The smallest absolute Gasteiger partial charge is 0.255 e. The lowest BCUT2D eigenvalue weighted by Crippen LogP contribution is -1.99. The minimum atomic E-state index is -0.345. The number of rotatable bonds is 2. The van der Waals surface area contributed by atoms with Crippen molar-refractivity contribution < 1.29 is 5.11 Å². The summed E-state index contributed by atoms with van der Waals surface area (Å²) in [7, 11) is 0. The second-order valence-corrected chi connectivity index (χ2v) is 6.88. The molecule has 3 aromatic heterocycles. The van der Waals surface area contributed by atoms with E-state index in [0.29, 0.717) is 32.5 Å². The van der Waals surface area contributed by atoms with Gasteiger partial charge in [-0.2, -0.15) is 0 Å². The Balaban J connectivity index is 2.00. The fourth-order valence-corrected chi connectivity index (χ4v) is 3.42. The van der Waals surface area contributed by atoms with Gasteiger partial charge in [-0.05, 0) is 25.1 Å². The van der Waals surface area contributed by atoms with Crippen molar-refractivity contribution in [3.05, 3.63) is 40.5 Å². The van der Waals surface area contributed by atoms with Gasteiger partial charge in [-0.1, -0.05) is 29.0 Å². The second kappa shape index (κ2) is 5.91. The van der Waals surface area contributed by atoms with Crippen LogP contribution in [0.15, 0.2) is 30.5 Å². The van der Waals surface area contributed by atoms with Gasteiger partial charge >= 0.3 is 0 Å². The largest absolute Gasteiger partial charge is 0.491 e. The first-order chi connectivity index (χ1) is 12.0. The molecule has 4 rings (SSSR count). The van der Waals surface area contributed by atoms with Gasteiger partial charge in [0.25, 0.3) is 5.88 Å². The number of pyridine rings is 1. The van der Waals surface area contributed by atoms with Crippen molar-refractivity contribution in [1.82, 2.24) is 25.1 Å². The van der Waals surface area contributed by atoms with Crippen molar-refractivity contribution in [2.75, 3.05) is 5.73 Å². The Kier molecular flexibility index (Phi) is 3.70. The number of hydrogen-bond acceptors (Lipinski definition) is 8. The molecule has 0 saturated heterocycles. The van der Waals surface area contributed by atoms with Crippen LogP contribution in [-0.4, -0.2) is 30.3 Å². The molecule has 1 aromatic carbocycles. The predicted octanol–water partition coefficient (Wildman–Crippen LogP) is 3.46. The summed E-state index contributed by atoms with van der Waals surface area (Å²) in [5.74, 6) is -0.414. The minimum Gasteiger partial charge on any atom is -0.491 e. The Morgan fingerprint density at radius 1 is 1.16 bits per heavy atom. The van der Waals surface area contributed by atoms with E-state index in [1.54, 1.807) is 12.3 Å². The molecular formula is C16H11ClN6OS. The first-order valence-electron chi connectivity index (χ1n) is 7.24. The van der Waals surface area contributed by atoms with Crippen molar-refractivity contribution in [2.24, 2.45) is 0 Å². The Bertz CT molecular complexity index is 1110. The predicted molar refractivity (Wildman–Crippen MR) is 97.5 cm³/mol. The Morgan fingerprint density at radius 2 is 2.00 bits per heavy atom. The maximum Gasteiger partial charge on any atom is 0.255 e. The zero-order valence-corrected chi connectivity index (χ0v) is 14.5. The van der Waals surface area contributed by atoms with E-state index in [-0.39, 0.29) is 11.7 Å². The van der Waals surface area contributed by atoms with Crippen molar-refractivity contribution >= 4 is 39.7 Å². The van der Waals surface area contributed by atoms with Gasteiger partial charge in [0.15, 0.2) is 10.8 Å². The number of nitrogen functional groups attached to an aromatic ring is 1. The van der Waals surface area contributed by atoms with Gasteiger partial charge in [0.2, 0.25) is 0 Å². The summed E-state index contributed by atoms with van der Waals surface area (Å²) in [4.78, 5) is 12.7. The van der Waals surface area contributed by atoms with Crippen LogP contribution in [0, 0.1) is 6.92 Å². The molecule has 4 aromatic rings. The molecule has 0 aliphatic rings. The molecule has 0 atom stereocenters. The number of aryl methyl sites for hydroxylation is 1. The Morgan fingerprint density at radius 3 is 2.76 bits per heavy atom. The summed E-state index contributed by atoms with van der Waals surface area (Å²) in [5.41, 5.74) is 7.97. The summed E-state index contributed by atoms with van der Waals surface area (Å²) in [6.07, 6.45) is 1.68. The number of fused-ring (bicyclic) bond motifs is 1. The molecule has 0 aliphatic carbocycles. The van der Waals surface area contributed by atoms with Gasteiger partial charge in [0.05, 0.1) is 10.5 Å². The molecule has 25 heavy (non-hydrogen) atoms. The third kappa shape index (κ3) is 2.75. The van der Waals surface area contributed by atoms with E-state index in [1.807, 2.05) is 25.1 Å². The summed E-state index contributed by atoms with van der Waals surface area (Å²) < 4.78 is 0. The lowest BCUT2D eigenvalue weighted by Gasteiger charge is -2.10. The number of aromatic nitrogens is 5. The summed E-state index contributed by atoms with van der Waals surface area (Å²) >= 11 is 7.73. The van der Waals surface area contributed by atoms with Gasteiger partial charge in [0.1, 0.15) is 16.4 Å². The molecule has 0 fully saturated rings. The van der Waals surface area contributed by atoms with Crippen LogP contribution in [-0.2, 0) is 0 Å². The fourth-order valence-electron chi connectivity index (χ4n) is 2.47. The van der Waals surface area contributed by atoms with Crippen LogP contribution in [0.3, 0.4) is 0 Å². The number of hydrogen-bond donors (Lipinski definition) is 2. The molecule has 3 N–H and O–H groups in total. The summed E-state index contributed by atoms with van der Waals surface area (Å²) in [6.45, 7) is 1.84. The van der Waals surface area contributed by atoms with Crippen LogP contribution in [0.25, 0.3) is 32.9 Å². The molecule has 0 radical (unpaired) electrons. The molecule has 0 saturated carbocycles. The second-order valence-electron chi connectivity index (χ2n) is 5.29. The first kappa shape index (κ1) is 15.7. The van der Waals surface area contributed by atoms with E-state index in [1.165, 1.54) is 11.3 Å². The average molecular weight is 371 g/mol. The number of aromatic hydroxyl groups is 1. The van der Waals surface area contributed by atoms with Crippen LogP contribution in [0.5, 0.6) is 5.88 Å². The van der Waals surface area contributed by atoms with E-state index < -0.39 is 0 Å². The lowest BCUT2D eigenvalue weighted by atomic mass is 10.1. The van der Waals surface area contributed by atoms with Crippen molar-refractivity contribution in [2.45, 2.75) is 6.92 Å². The monoisotopic (exact) mass is 370 g/mol. The highest BCUT2D eigenvalue weighted by Crippen LogP contribution is 2.36. The average Bonchev–Trinajstić information content (AvgIpc) is 3.03. The maximum absolute atomic E-state index is 9.94. The van der Waals surface area contributed by atoms with Gasteiger partial charge < -0.3 is 10.8 Å². The van der Waals surface area contributed by atoms with Gasteiger partial charge in [0, 0.05) is 17.1 Å². The Hall–Kier alpha value is -2.84. The normalized spacial score (nSPS) is 11.1. The molecule has 0 amide bonds. The molecule has 0 spiro atoms. The third-order valence-electron chi connectivity index (χ3n) is 3.56. The molecule has 9 heteroatoms. The Labute approximate surface area is 151 Å². The van der Waals surface area contributed by atoms with E-state index in [4.69, 9.17) is 17.3 Å². The van der Waals surface area contributed by atoms with Gasteiger partial charge in [-0.3, -0.25) is 4.98 Å². The molecule has 124 valence electrons. The standard InChI is InChI=1S/C16H11ClN6OS/c1-7-22-23-16(25-7)13-12(21-15(24)14(18)20-13)9-5-8-3-2-4-19-11(8)10(17)6-9/h2-6H,1H3,(H2,18,20)(H,21,24). The van der Waals surface area contributed by atoms with Crippen molar-refractivity contribution in [1.29, 1.82) is 0 Å². The number of nitrogens with zero attached hydrogens (tertiary/aromatic N) is 5. The van der Waals surface area contributed by atoms with Crippen LogP contribution in [0.1, 0.15) is 5.01 Å².